The first-order chi connectivity index (χ1) is 6.78. The quantitative estimate of drug-likeness (QED) is 0.778. The van der Waals surface area contributed by atoms with Gasteiger partial charge in [-0.15, -0.1) is 0 Å². The number of ether oxygens (including phenoxy) is 1. The van der Waals surface area contributed by atoms with Crippen LogP contribution in [-0.4, -0.2) is 17.4 Å². The van der Waals surface area contributed by atoms with Crippen molar-refractivity contribution in [2.45, 2.75) is 18.9 Å². The predicted molar refractivity (Wildman–Crippen MR) is 55.1 cm³/mol. The van der Waals surface area contributed by atoms with Gasteiger partial charge in [-0.1, -0.05) is 0 Å². The first-order valence-electron chi connectivity index (χ1n) is 4.51. The van der Waals surface area contributed by atoms with Crippen molar-refractivity contribution in [2.24, 2.45) is 5.92 Å². The minimum atomic E-state index is 0.166. The second-order valence-electron chi connectivity index (χ2n) is 3.42. The maximum absolute atomic E-state index is 10.4. The van der Waals surface area contributed by atoms with Gasteiger partial charge in [-0.2, -0.15) is 0 Å². The Balaban J connectivity index is 1.87. The summed E-state index contributed by atoms with van der Waals surface area (Å²) in [5, 5.41) is 0. The first-order valence-corrected chi connectivity index (χ1v) is 5.31. The molecule has 1 heterocycles. The zero-order valence-corrected chi connectivity index (χ0v) is 9.11. The van der Waals surface area contributed by atoms with Crippen molar-refractivity contribution in [1.29, 1.82) is 0 Å². The molecule has 14 heavy (non-hydrogen) atoms. The average Bonchev–Trinajstić information content (AvgIpc) is 2.13. The van der Waals surface area contributed by atoms with Crippen molar-refractivity contribution in [3.8, 4) is 5.88 Å². The van der Waals surface area contributed by atoms with Gasteiger partial charge < -0.3 is 9.53 Å². The van der Waals surface area contributed by atoms with Crippen LogP contribution in [0.15, 0.2) is 22.8 Å². The van der Waals surface area contributed by atoms with Crippen LogP contribution in [0.3, 0.4) is 0 Å². The van der Waals surface area contributed by atoms with E-state index in [4.69, 9.17) is 4.74 Å². The summed E-state index contributed by atoms with van der Waals surface area (Å²) in [7, 11) is 0. The number of carbonyl (C=O) groups excluding carboxylic acids is 1. The Kier molecular flexibility index (Phi) is 2.82. The van der Waals surface area contributed by atoms with E-state index in [1.807, 2.05) is 12.1 Å². The maximum Gasteiger partial charge on any atom is 0.213 e. The number of pyridine rings is 1. The fourth-order valence-electron chi connectivity index (χ4n) is 1.42. The number of aldehydes is 1. The first kappa shape index (κ1) is 9.65. The second kappa shape index (κ2) is 4.09. The van der Waals surface area contributed by atoms with E-state index in [0.717, 1.165) is 23.6 Å². The minimum absolute atomic E-state index is 0.166. The zero-order chi connectivity index (χ0) is 9.97. The van der Waals surface area contributed by atoms with Gasteiger partial charge >= 0.3 is 0 Å². The molecule has 0 saturated heterocycles. The molecule has 0 atom stereocenters. The van der Waals surface area contributed by atoms with Gasteiger partial charge in [0, 0.05) is 22.7 Å². The van der Waals surface area contributed by atoms with E-state index in [0.29, 0.717) is 5.88 Å². The van der Waals surface area contributed by atoms with Crippen molar-refractivity contribution >= 4 is 22.2 Å². The molecule has 1 aliphatic rings. The lowest BCUT2D eigenvalue weighted by Gasteiger charge is -2.31. The van der Waals surface area contributed by atoms with Crippen LogP contribution < -0.4 is 4.74 Å². The zero-order valence-electron chi connectivity index (χ0n) is 7.52. The number of rotatable bonds is 3. The summed E-state index contributed by atoms with van der Waals surface area (Å²) in [4.78, 5) is 14.4. The highest BCUT2D eigenvalue weighted by Gasteiger charge is 2.30. The highest BCUT2D eigenvalue weighted by atomic mass is 79.9. The molecule has 74 valence electrons. The molecule has 0 aliphatic heterocycles. The molecule has 0 spiro atoms. The van der Waals surface area contributed by atoms with Crippen LogP contribution in [0, 0.1) is 5.92 Å². The molecule has 0 amide bonds. The fourth-order valence-corrected chi connectivity index (χ4v) is 1.65. The largest absolute Gasteiger partial charge is 0.474 e. The monoisotopic (exact) mass is 255 g/mol. The van der Waals surface area contributed by atoms with Crippen LogP contribution in [0.5, 0.6) is 5.88 Å². The Bertz CT molecular complexity index is 319. The normalized spacial score (nSPS) is 25.2. The van der Waals surface area contributed by atoms with Crippen LogP contribution in [0.2, 0.25) is 0 Å². The van der Waals surface area contributed by atoms with Crippen molar-refractivity contribution in [3.63, 3.8) is 0 Å². The Morgan fingerprint density at radius 1 is 1.50 bits per heavy atom. The average molecular weight is 256 g/mol. The summed E-state index contributed by atoms with van der Waals surface area (Å²) in [6.07, 6.45) is 4.50. The third-order valence-corrected chi connectivity index (χ3v) is 2.78. The molecule has 3 nitrogen and oxygen atoms in total. The van der Waals surface area contributed by atoms with Crippen LogP contribution in [-0.2, 0) is 4.79 Å². The number of hydrogen-bond donors (Lipinski definition) is 0. The van der Waals surface area contributed by atoms with E-state index >= 15 is 0 Å². The molecule has 0 unspecified atom stereocenters. The van der Waals surface area contributed by atoms with Crippen molar-refractivity contribution in [2.75, 3.05) is 0 Å². The van der Waals surface area contributed by atoms with E-state index in [1.165, 1.54) is 0 Å². The Hall–Kier alpha value is -0.900. The summed E-state index contributed by atoms with van der Waals surface area (Å²) >= 11 is 3.30. The van der Waals surface area contributed by atoms with E-state index in [9.17, 15) is 4.79 Å². The SMILES string of the molecule is O=CC1CC(Oc2ccc(Br)cn2)C1. The molecule has 0 radical (unpaired) electrons. The molecule has 4 heteroatoms. The Morgan fingerprint density at radius 2 is 2.29 bits per heavy atom. The molecule has 1 fully saturated rings. The van der Waals surface area contributed by atoms with E-state index in [-0.39, 0.29) is 12.0 Å². The van der Waals surface area contributed by atoms with Gasteiger partial charge in [0.2, 0.25) is 5.88 Å². The summed E-state index contributed by atoms with van der Waals surface area (Å²) < 4.78 is 6.48. The van der Waals surface area contributed by atoms with Gasteiger partial charge in [-0.3, -0.25) is 0 Å². The number of aromatic nitrogens is 1. The van der Waals surface area contributed by atoms with Gasteiger partial charge in [0.15, 0.2) is 0 Å². The Labute approximate surface area is 90.6 Å². The third-order valence-electron chi connectivity index (χ3n) is 2.31. The fraction of sp³-hybridized carbons (Fsp3) is 0.400. The van der Waals surface area contributed by atoms with Crippen LogP contribution >= 0.6 is 15.9 Å². The summed E-state index contributed by atoms with van der Waals surface area (Å²) in [6, 6.07) is 3.70. The van der Waals surface area contributed by atoms with Crippen molar-refractivity contribution < 1.29 is 9.53 Å². The standard InChI is InChI=1S/C10H10BrNO2/c11-8-1-2-10(12-5-8)14-9-3-7(4-9)6-13/h1-2,5-7,9H,3-4H2. The maximum atomic E-state index is 10.4. The van der Waals surface area contributed by atoms with Gasteiger partial charge in [0.05, 0.1) is 0 Å². The second-order valence-corrected chi connectivity index (χ2v) is 4.34. The van der Waals surface area contributed by atoms with Crippen molar-refractivity contribution in [1.82, 2.24) is 4.98 Å². The van der Waals surface area contributed by atoms with Crippen LogP contribution in [0.1, 0.15) is 12.8 Å². The summed E-state index contributed by atoms with van der Waals surface area (Å²) in [6.45, 7) is 0. The Morgan fingerprint density at radius 3 is 2.86 bits per heavy atom. The highest BCUT2D eigenvalue weighted by molar-refractivity contribution is 9.10. The van der Waals surface area contributed by atoms with E-state index in [1.54, 1.807) is 6.20 Å². The molecule has 0 bridgehead atoms. The van der Waals surface area contributed by atoms with Crippen molar-refractivity contribution in [3.05, 3.63) is 22.8 Å². The summed E-state index contributed by atoms with van der Waals surface area (Å²) in [5.41, 5.74) is 0. The lowest BCUT2D eigenvalue weighted by Crippen LogP contribution is -2.34. The number of hydrogen-bond acceptors (Lipinski definition) is 3. The van der Waals surface area contributed by atoms with Gasteiger partial charge in [0.1, 0.15) is 12.4 Å². The highest BCUT2D eigenvalue weighted by Crippen LogP contribution is 2.29. The number of halogens is 1. The van der Waals surface area contributed by atoms with Gasteiger partial charge in [0.25, 0.3) is 0 Å². The summed E-state index contributed by atoms with van der Waals surface area (Å²) in [5.74, 6) is 0.818. The minimum Gasteiger partial charge on any atom is -0.474 e. The van der Waals surface area contributed by atoms with Gasteiger partial charge in [-0.05, 0) is 34.8 Å². The lowest BCUT2D eigenvalue weighted by atomic mass is 9.83. The third kappa shape index (κ3) is 2.12. The molecular weight excluding hydrogens is 246 g/mol. The van der Waals surface area contributed by atoms with E-state index < -0.39 is 0 Å². The molecule has 1 aromatic rings. The lowest BCUT2D eigenvalue weighted by molar-refractivity contribution is -0.116. The molecule has 1 aliphatic carbocycles. The molecule has 0 N–H and O–H groups in total. The smallest absolute Gasteiger partial charge is 0.213 e. The molecule has 0 aromatic carbocycles. The molecule has 1 saturated carbocycles. The number of carbonyl (C=O) groups is 1. The molecule has 1 aromatic heterocycles. The van der Waals surface area contributed by atoms with Crippen LogP contribution in [0.25, 0.3) is 0 Å². The predicted octanol–water partition coefficient (Wildman–Crippen LogP) is 2.20. The van der Waals surface area contributed by atoms with Crippen LogP contribution in [0.4, 0.5) is 0 Å². The number of nitrogens with zero attached hydrogens (tertiary/aromatic N) is 1. The van der Waals surface area contributed by atoms with Gasteiger partial charge in [-0.25, -0.2) is 4.98 Å². The molecular formula is C10H10BrNO2. The molecule has 2 rings (SSSR count). The topological polar surface area (TPSA) is 39.2 Å². The van der Waals surface area contributed by atoms with E-state index in [2.05, 4.69) is 20.9 Å².